The zero-order valence-electron chi connectivity index (χ0n) is 16.1. The Balaban J connectivity index is 1.76. The molecule has 0 amide bonds. The minimum absolute atomic E-state index is 0.0763. The summed E-state index contributed by atoms with van der Waals surface area (Å²) in [7, 11) is 0. The Hall–Kier alpha value is -2.47. The molecule has 0 spiro atoms. The molecule has 27 heavy (non-hydrogen) atoms. The number of benzene rings is 2. The molecule has 1 atom stereocenters. The van der Waals surface area contributed by atoms with Crippen LogP contribution >= 0.6 is 11.8 Å². The molecular formula is C21H24N4OS. The van der Waals surface area contributed by atoms with E-state index in [4.69, 9.17) is 0 Å². The number of nitrogens with zero attached hydrogens (tertiary/aromatic N) is 4. The van der Waals surface area contributed by atoms with Crippen molar-refractivity contribution in [1.29, 1.82) is 0 Å². The predicted molar refractivity (Wildman–Crippen MR) is 109 cm³/mol. The van der Waals surface area contributed by atoms with Crippen molar-refractivity contribution in [2.24, 2.45) is 0 Å². The number of carbonyl (C=O) groups is 1. The van der Waals surface area contributed by atoms with E-state index in [9.17, 15) is 4.79 Å². The molecular weight excluding hydrogens is 356 g/mol. The number of tetrazole rings is 1. The van der Waals surface area contributed by atoms with Crippen LogP contribution in [0.1, 0.15) is 55.1 Å². The second-order valence-electron chi connectivity index (χ2n) is 6.79. The fourth-order valence-corrected chi connectivity index (χ4v) is 3.65. The van der Waals surface area contributed by atoms with Gasteiger partial charge in [-0.2, -0.15) is 4.68 Å². The Morgan fingerprint density at radius 1 is 1.04 bits per heavy atom. The van der Waals surface area contributed by atoms with Gasteiger partial charge < -0.3 is 0 Å². The first-order valence-corrected chi connectivity index (χ1v) is 10.1. The molecule has 3 rings (SSSR count). The Bertz CT molecular complexity index is 901. The lowest BCUT2D eigenvalue weighted by Gasteiger charge is -2.11. The third kappa shape index (κ3) is 4.45. The van der Waals surface area contributed by atoms with Gasteiger partial charge in [-0.25, -0.2) is 0 Å². The second-order valence-corrected chi connectivity index (χ2v) is 8.10. The molecule has 3 aromatic rings. The molecule has 0 bridgehead atoms. The highest BCUT2D eigenvalue weighted by Crippen LogP contribution is 2.26. The molecule has 1 aromatic heterocycles. The summed E-state index contributed by atoms with van der Waals surface area (Å²) < 4.78 is 1.68. The normalized spacial score (nSPS) is 12.3. The van der Waals surface area contributed by atoms with E-state index in [1.54, 1.807) is 4.68 Å². The maximum Gasteiger partial charge on any atom is 0.214 e. The summed E-state index contributed by atoms with van der Waals surface area (Å²) in [6.45, 7) is 8.31. The first-order valence-electron chi connectivity index (χ1n) is 9.18. The topological polar surface area (TPSA) is 60.7 Å². The molecule has 0 fully saturated rings. The van der Waals surface area contributed by atoms with Gasteiger partial charge in [-0.3, -0.25) is 4.79 Å². The third-order valence-corrected chi connectivity index (χ3v) is 5.58. The number of aryl methyl sites for hydroxylation is 1. The van der Waals surface area contributed by atoms with Crippen molar-refractivity contribution in [3.8, 4) is 5.69 Å². The van der Waals surface area contributed by atoms with Crippen LogP contribution in [0.5, 0.6) is 0 Å². The number of thioether (sulfide) groups is 1. The van der Waals surface area contributed by atoms with Crippen molar-refractivity contribution in [1.82, 2.24) is 20.2 Å². The largest absolute Gasteiger partial charge is 0.293 e. The van der Waals surface area contributed by atoms with Crippen molar-refractivity contribution in [3.05, 3.63) is 65.2 Å². The first kappa shape index (κ1) is 19.3. The predicted octanol–water partition coefficient (Wildman–Crippen LogP) is 4.71. The van der Waals surface area contributed by atoms with Crippen LogP contribution in [0.3, 0.4) is 0 Å². The van der Waals surface area contributed by atoms with Crippen molar-refractivity contribution in [2.75, 3.05) is 0 Å². The molecule has 0 N–H and O–H groups in total. The molecule has 0 aliphatic rings. The number of rotatable bonds is 7. The van der Waals surface area contributed by atoms with E-state index in [2.05, 4.69) is 48.4 Å². The molecule has 0 saturated carbocycles. The van der Waals surface area contributed by atoms with Crippen LogP contribution in [0.4, 0.5) is 0 Å². The fourth-order valence-electron chi connectivity index (χ4n) is 2.77. The summed E-state index contributed by atoms with van der Waals surface area (Å²) in [6.07, 6.45) is 0.961. The number of carbonyl (C=O) groups excluding carboxylic acids is 1. The number of ketones is 1. The van der Waals surface area contributed by atoms with Crippen LogP contribution in [0.25, 0.3) is 5.69 Å². The Labute approximate surface area is 164 Å². The van der Waals surface area contributed by atoms with E-state index in [1.165, 1.54) is 22.9 Å². The minimum atomic E-state index is -0.280. The van der Waals surface area contributed by atoms with Gasteiger partial charge in [0.2, 0.25) is 5.16 Å². The van der Waals surface area contributed by atoms with Gasteiger partial charge in [-0.15, -0.1) is 5.10 Å². The van der Waals surface area contributed by atoms with Crippen LogP contribution < -0.4 is 0 Å². The van der Waals surface area contributed by atoms with Crippen molar-refractivity contribution in [2.45, 2.75) is 50.4 Å². The molecule has 0 unspecified atom stereocenters. The number of Topliss-reactive ketones (excluding diaryl/α,β-unsaturated/α-hetero) is 1. The minimum Gasteiger partial charge on any atom is -0.293 e. The highest BCUT2D eigenvalue weighted by Gasteiger charge is 2.20. The van der Waals surface area contributed by atoms with E-state index < -0.39 is 0 Å². The van der Waals surface area contributed by atoms with Gasteiger partial charge in [0, 0.05) is 5.56 Å². The van der Waals surface area contributed by atoms with Crippen LogP contribution in [0.2, 0.25) is 0 Å². The number of hydrogen-bond acceptors (Lipinski definition) is 5. The van der Waals surface area contributed by atoms with E-state index in [1.807, 2.05) is 43.3 Å². The van der Waals surface area contributed by atoms with Gasteiger partial charge in [0.05, 0.1) is 10.9 Å². The average molecular weight is 381 g/mol. The molecule has 0 radical (unpaired) electrons. The van der Waals surface area contributed by atoms with Crippen LogP contribution in [0.15, 0.2) is 53.7 Å². The third-order valence-electron chi connectivity index (χ3n) is 4.54. The van der Waals surface area contributed by atoms with Crippen molar-refractivity contribution in [3.63, 3.8) is 0 Å². The summed E-state index contributed by atoms with van der Waals surface area (Å²) in [6, 6.07) is 16.0. The van der Waals surface area contributed by atoms with Crippen molar-refractivity contribution < 1.29 is 4.79 Å². The maximum atomic E-state index is 12.7. The molecule has 0 aliphatic carbocycles. The molecule has 0 aliphatic heterocycles. The molecule has 140 valence electrons. The average Bonchev–Trinajstić information content (AvgIpc) is 3.15. The quantitative estimate of drug-likeness (QED) is 0.439. The lowest BCUT2D eigenvalue weighted by molar-refractivity contribution is 0.0994. The van der Waals surface area contributed by atoms with E-state index in [0.29, 0.717) is 16.6 Å². The first-order chi connectivity index (χ1) is 13.0. The summed E-state index contributed by atoms with van der Waals surface area (Å²) >= 11 is 1.37. The highest BCUT2D eigenvalue weighted by atomic mass is 32.2. The summed E-state index contributed by atoms with van der Waals surface area (Å²) in [5.41, 5.74) is 4.09. The van der Waals surface area contributed by atoms with Crippen LogP contribution in [-0.4, -0.2) is 31.2 Å². The lowest BCUT2D eigenvalue weighted by Crippen LogP contribution is -2.14. The van der Waals surface area contributed by atoms with Gasteiger partial charge in [-0.1, -0.05) is 68.9 Å². The zero-order chi connectivity index (χ0) is 19.4. The lowest BCUT2D eigenvalue weighted by atomic mass is 10.0. The molecule has 2 aromatic carbocycles. The van der Waals surface area contributed by atoms with Gasteiger partial charge in [0.15, 0.2) is 5.78 Å². The van der Waals surface area contributed by atoms with Gasteiger partial charge in [0.1, 0.15) is 0 Å². The Morgan fingerprint density at radius 2 is 1.70 bits per heavy atom. The highest BCUT2D eigenvalue weighted by molar-refractivity contribution is 8.00. The summed E-state index contributed by atoms with van der Waals surface area (Å²) in [5.74, 6) is 0.547. The fraction of sp³-hybridized carbons (Fsp3) is 0.333. The second kappa shape index (κ2) is 8.48. The zero-order valence-corrected chi connectivity index (χ0v) is 16.9. The van der Waals surface area contributed by atoms with E-state index >= 15 is 0 Å². The Morgan fingerprint density at radius 3 is 2.30 bits per heavy atom. The molecule has 1 heterocycles. The smallest absolute Gasteiger partial charge is 0.214 e. The van der Waals surface area contributed by atoms with Gasteiger partial charge in [0.25, 0.3) is 0 Å². The van der Waals surface area contributed by atoms with E-state index in [-0.39, 0.29) is 11.0 Å². The van der Waals surface area contributed by atoms with Crippen molar-refractivity contribution >= 4 is 17.5 Å². The van der Waals surface area contributed by atoms with Crippen LogP contribution in [0, 0.1) is 0 Å². The Kier molecular flexibility index (Phi) is 6.06. The number of hydrogen-bond donors (Lipinski definition) is 0. The SMILES string of the molecule is CCc1ccc(C(=O)[C@H](C)Sc2nnnn2-c2ccc(C(C)C)cc2)cc1. The molecule has 5 nitrogen and oxygen atoms in total. The van der Waals surface area contributed by atoms with Gasteiger partial charge in [-0.05, 0) is 52.9 Å². The van der Waals surface area contributed by atoms with Gasteiger partial charge >= 0.3 is 0 Å². The molecule has 0 saturated heterocycles. The monoisotopic (exact) mass is 380 g/mol. The summed E-state index contributed by atoms with van der Waals surface area (Å²) in [5, 5.41) is 12.3. The maximum absolute atomic E-state index is 12.7. The van der Waals surface area contributed by atoms with E-state index in [0.717, 1.165) is 12.1 Å². The summed E-state index contributed by atoms with van der Waals surface area (Å²) in [4.78, 5) is 12.7. The number of aromatic nitrogens is 4. The van der Waals surface area contributed by atoms with Crippen LogP contribution in [-0.2, 0) is 6.42 Å². The standard InChI is InChI=1S/C21H24N4OS/c1-5-16-6-8-18(9-7-16)20(26)15(4)27-21-22-23-24-25(21)19-12-10-17(11-13-19)14(2)3/h6-15H,5H2,1-4H3/t15-/m0/s1. The molecule has 6 heteroatoms.